The van der Waals surface area contributed by atoms with Crippen molar-refractivity contribution in [2.45, 2.75) is 0 Å². The number of rotatable bonds is 5. The Balaban J connectivity index is 2.51. The lowest BCUT2D eigenvalue weighted by molar-refractivity contribution is 0.413. The lowest BCUT2D eigenvalue weighted by Crippen LogP contribution is -2.12. The second kappa shape index (κ2) is 6.40. The Labute approximate surface area is 121 Å². The van der Waals surface area contributed by atoms with Gasteiger partial charge in [0.15, 0.2) is 11.6 Å². The Morgan fingerprint density at radius 3 is 2.57 bits per heavy atom. The number of nitrogens with two attached hydrogens (primary N) is 1. The first kappa shape index (κ1) is 14.4. The Hall–Kier alpha value is -3.05. The van der Waals surface area contributed by atoms with Crippen LogP contribution in [0.25, 0.3) is 0 Å². The molecule has 1 heterocycles. The minimum absolute atomic E-state index is 0.323. The van der Waals surface area contributed by atoms with Crippen LogP contribution in [0.15, 0.2) is 24.5 Å². The summed E-state index contributed by atoms with van der Waals surface area (Å²) in [5, 5.41) is 12.2. The molecule has 0 radical (unpaired) electrons. The number of aromatic nitrogens is 2. The van der Waals surface area contributed by atoms with Crippen LogP contribution in [0.3, 0.4) is 0 Å². The zero-order chi connectivity index (χ0) is 15.2. The first-order valence-electron chi connectivity index (χ1n) is 5.94. The molecule has 0 amide bonds. The van der Waals surface area contributed by atoms with Crippen molar-refractivity contribution in [1.82, 2.24) is 9.97 Å². The molecule has 4 N–H and O–H groups in total. The predicted molar refractivity (Wildman–Crippen MR) is 77.4 cm³/mol. The highest BCUT2D eigenvalue weighted by Crippen LogP contribution is 2.35. The predicted octanol–water partition coefficient (Wildman–Crippen LogP) is 1.39. The minimum atomic E-state index is 0.323. The summed E-state index contributed by atoms with van der Waals surface area (Å²) in [6, 6.07) is 7.22. The Morgan fingerprint density at radius 1 is 1.19 bits per heavy atom. The SMILES string of the molecule is COc1cccc(C#N)c1Nc1ncnc(NN)c1OC. The fourth-order valence-corrected chi connectivity index (χ4v) is 1.80. The van der Waals surface area contributed by atoms with Crippen molar-refractivity contribution in [3.63, 3.8) is 0 Å². The van der Waals surface area contributed by atoms with Crippen molar-refractivity contribution in [3.05, 3.63) is 30.1 Å². The van der Waals surface area contributed by atoms with Gasteiger partial charge < -0.3 is 20.2 Å². The minimum Gasteiger partial charge on any atom is -0.495 e. The maximum absolute atomic E-state index is 9.20. The number of hydrogen-bond donors (Lipinski definition) is 3. The third-order valence-corrected chi connectivity index (χ3v) is 2.75. The van der Waals surface area contributed by atoms with Crippen molar-refractivity contribution >= 4 is 17.3 Å². The summed E-state index contributed by atoms with van der Waals surface area (Å²) in [5.74, 6) is 6.90. The van der Waals surface area contributed by atoms with Gasteiger partial charge in [0.25, 0.3) is 0 Å². The summed E-state index contributed by atoms with van der Waals surface area (Å²) in [5.41, 5.74) is 3.32. The molecule has 0 bridgehead atoms. The lowest BCUT2D eigenvalue weighted by Gasteiger charge is -2.15. The number of nitrogens with one attached hydrogen (secondary N) is 2. The maximum Gasteiger partial charge on any atom is 0.205 e. The van der Waals surface area contributed by atoms with E-state index in [-0.39, 0.29) is 0 Å². The molecular formula is C13H14N6O2. The Bertz CT molecular complexity index is 683. The van der Waals surface area contributed by atoms with E-state index in [0.717, 1.165) is 0 Å². The number of hydrazine groups is 1. The summed E-state index contributed by atoms with van der Waals surface area (Å²) in [6.07, 6.45) is 1.32. The quantitative estimate of drug-likeness (QED) is 0.557. The molecule has 0 spiro atoms. The molecule has 0 saturated carbocycles. The van der Waals surface area contributed by atoms with Crippen LogP contribution in [-0.2, 0) is 0 Å². The Morgan fingerprint density at radius 2 is 1.95 bits per heavy atom. The number of para-hydroxylation sites is 1. The smallest absolute Gasteiger partial charge is 0.205 e. The van der Waals surface area contributed by atoms with Crippen LogP contribution in [0.1, 0.15) is 5.56 Å². The van der Waals surface area contributed by atoms with Gasteiger partial charge in [0, 0.05) is 0 Å². The fraction of sp³-hybridized carbons (Fsp3) is 0.154. The highest BCUT2D eigenvalue weighted by molar-refractivity contribution is 5.76. The molecule has 2 rings (SSSR count). The highest BCUT2D eigenvalue weighted by Gasteiger charge is 2.15. The first-order valence-corrected chi connectivity index (χ1v) is 5.94. The van der Waals surface area contributed by atoms with E-state index in [4.69, 9.17) is 15.3 Å². The molecule has 2 aromatic rings. The van der Waals surface area contributed by atoms with Gasteiger partial charge in [-0.05, 0) is 12.1 Å². The monoisotopic (exact) mass is 286 g/mol. The normalized spacial score (nSPS) is 9.62. The molecular weight excluding hydrogens is 272 g/mol. The van der Waals surface area contributed by atoms with Crippen molar-refractivity contribution in [3.8, 4) is 17.6 Å². The molecule has 8 nitrogen and oxygen atoms in total. The van der Waals surface area contributed by atoms with Gasteiger partial charge in [-0.3, -0.25) is 0 Å². The number of ether oxygens (including phenoxy) is 2. The molecule has 0 aliphatic carbocycles. The van der Waals surface area contributed by atoms with Crippen LogP contribution < -0.4 is 26.1 Å². The van der Waals surface area contributed by atoms with E-state index >= 15 is 0 Å². The van der Waals surface area contributed by atoms with Gasteiger partial charge in [-0.25, -0.2) is 15.8 Å². The van der Waals surface area contributed by atoms with Gasteiger partial charge in [0.2, 0.25) is 5.75 Å². The van der Waals surface area contributed by atoms with E-state index in [0.29, 0.717) is 34.4 Å². The molecule has 1 aromatic heterocycles. The van der Waals surface area contributed by atoms with Crippen LogP contribution in [0.2, 0.25) is 0 Å². The topological polar surface area (TPSA) is 118 Å². The van der Waals surface area contributed by atoms with Crippen molar-refractivity contribution in [2.24, 2.45) is 5.84 Å². The molecule has 0 saturated heterocycles. The molecule has 0 unspecified atom stereocenters. The molecule has 0 fully saturated rings. The maximum atomic E-state index is 9.20. The molecule has 0 aliphatic heterocycles. The van der Waals surface area contributed by atoms with Gasteiger partial charge in [0.1, 0.15) is 23.8 Å². The number of anilines is 3. The van der Waals surface area contributed by atoms with Gasteiger partial charge in [0.05, 0.1) is 19.8 Å². The largest absolute Gasteiger partial charge is 0.495 e. The summed E-state index contributed by atoms with van der Waals surface area (Å²) >= 11 is 0. The average molecular weight is 286 g/mol. The van der Waals surface area contributed by atoms with Crippen molar-refractivity contribution in [1.29, 1.82) is 5.26 Å². The third kappa shape index (κ3) is 2.77. The van der Waals surface area contributed by atoms with Crippen LogP contribution in [0, 0.1) is 11.3 Å². The fourth-order valence-electron chi connectivity index (χ4n) is 1.80. The number of nitriles is 1. The summed E-state index contributed by atoms with van der Waals surface area (Å²) in [6.45, 7) is 0. The van der Waals surface area contributed by atoms with E-state index in [9.17, 15) is 5.26 Å². The van der Waals surface area contributed by atoms with Gasteiger partial charge in [-0.1, -0.05) is 6.07 Å². The summed E-state index contributed by atoms with van der Waals surface area (Å²) in [4.78, 5) is 8.04. The number of benzene rings is 1. The van der Waals surface area contributed by atoms with Gasteiger partial charge in [-0.2, -0.15) is 5.26 Å². The standard InChI is InChI=1S/C13H14N6O2/c1-20-9-5-3-4-8(6-14)10(9)18-12-11(21-2)13(19-15)17-7-16-12/h3-5,7H,15H2,1-2H3,(H2,16,17,18,19). The molecule has 0 atom stereocenters. The molecule has 1 aromatic carbocycles. The zero-order valence-corrected chi connectivity index (χ0v) is 11.5. The molecule has 21 heavy (non-hydrogen) atoms. The van der Waals surface area contributed by atoms with Crippen LogP contribution in [0.4, 0.5) is 17.3 Å². The average Bonchev–Trinajstić information content (AvgIpc) is 2.54. The second-order valence-electron chi connectivity index (χ2n) is 3.87. The zero-order valence-electron chi connectivity index (χ0n) is 11.5. The number of nitrogen functional groups attached to an aromatic ring is 1. The lowest BCUT2D eigenvalue weighted by atomic mass is 10.1. The summed E-state index contributed by atoms with van der Waals surface area (Å²) in [7, 11) is 2.99. The highest BCUT2D eigenvalue weighted by atomic mass is 16.5. The Kier molecular flexibility index (Phi) is 4.38. The van der Waals surface area contributed by atoms with Gasteiger partial charge >= 0.3 is 0 Å². The first-order chi connectivity index (χ1) is 10.2. The molecule has 8 heteroatoms. The van der Waals surface area contributed by atoms with Crippen LogP contribution in [-0.4, -0.2) is 24.2 Å². The van der Waals surface area contributed by atoms with E-state index in [2.05, 4.69) is 26.8 Å². The van der Waals surface area contributed by atoms with Crippen molar-refractivity contribution < 1.29 is 9.47 Å². The van der Waals surface area contributed by atoms with Crippen LogP contribution >= 0.6 is 0 Å². The van der Waals surface area contributed by atoms with E-state index in [1.165, 1.54) is 20.5 Å². The van der Waals surface area contributed by atoms with E-state index in [1.807, 2.05) is 0 Å². The molecule has 0 aliphatic rings. The summed E-state index contributed by atoms with van der Waals surface area (Å²) < 4.78 is 10.5. The second-order valence-corrected chi connectivity index (χ2v) is 3.87. The number of methoxy groups -OCH3 is 2. The van der Waals surface area contributed by atoms with E-state index in [1.54, 1.807) is 18.2 Å². The third-order valence-electron chi connectivity index (χ3n) is 2.75. The number of nitrogens with zero attached hydrogens (tertiary/aromatic N) is 3. The number of hydrogen-bond acceptors (Lipinski definition) is 8. The van der Waals surface area contributed by atoms with Crippen LogP contribution in [0.5, 0.6) is 11.5 Å². The van der Waals surface area contributed by atoms with Gasteiger partial charge in [-0.15, -0.1) is 0 Å². The molecule has 108 valence electrons. The van der Waals surface area contributed by atoms with Crippen molar-refractivity contribution in [2.75, 3.05) is 25.0 Å². The van der Waals surface area contributed by atoms with E-state index < -0.39 is 0 Å².